The Bertz CT molecular complexity index is 911. The number of rotatable bonds is 8. The number of anilines is 2. The molecular formula is C25H33N3O3. The Labute approximate surface area is 184 Å². The van der Waals surface area contributed by atoms with Crippen molar-refractivity contribution in [1.29, 1.82) is 0 Å². The van der Waals surface area contributed by atoms with Crippen LogP contribution in [0.2, 0.25) is 0 Å². The van der Waals surface area contributed by atoms with E-state index in [0.29, 0.717) is 30.7 Å². The number of nitrogens with zero attached hydrogens (tertiary/aromatic N) is 1. The van der Waals surface area contributed by atoms with Crippen LogP contribution in [-0.2, 0) is 10.2 Å². The molecule has 1 heterocycles. The van der Waals surface area contributed by atoms with Crippen LogP contribution in [0.25, 0.3) is 0 Å². The van der Waals surface area contributed by atoms with Crippen molar-refractivity contribution in [3.05, 3.63) is 53.6 Å². The van der Waals surface area contributed by atoms with Crippen molar-refractivity contribution in [2.24, 2.45) is 5.73 Å². The van der Waals surface area contributed by atoms with Crippen molar-refractivity contribution in [3.8, 4) is 5.75 Å². The lowest BCUT2D eigenvalue weighted by molar-refractivity contribution is -0.116. The molecule has 1 saturated heterocycles. The van der Waals surface area contributed by atoms with E-state index in [4.69, 9.17) is 10.5 Å². The van der Waals surface area contributed by atoms with Gasteiger partial charge in [0.2, 0.25) is 11.8 Å². The molecule has 1 aliphatic heterocycles. The zero-order valence-corrected chi connectivity index (χ0v) is 18.7. The summed E-state index contributed by atoms with van der Waals surface area (Å²) in [5.74, 6) is 0.196. The van der Waals surface area contributed by atoms with Crippen molar-refractivity contribution in [2.75, 3.05) is 29.9 Å². The van der Waals surface area contributed by atoms with Gasteiger partial charge in [0, 0.05) is 25.1 Å². The highest BCUT2D eigenvalue weighted by molar-refractivity contribution is 5.99. The number of ether oxygens (including phenoxy) is 1. The molecule has 0 radical (unpaired) electrons. The van der Waals surface area contributed by atoms with Crippen LogP contribution in [0.1, 0.15) is 62.4 Å². The number of carbonyl (C=O) groups excluding carboxylic acids is 2. The number of benzene rings is 2. The van der Waals surface area contributed by atoms with E-state index in [0.717, 1.165) is 37.4 Å². The molecule has 31 heavy (non-hydrogen) atoms. The van der Waals surface area contributed by atoms with Crippen LogP contribution in [0.3, 0.4) is 0 Å². The molecule has 6 nitrogen and oxygen atoms in total. The second kappa shape index (κ2) is 9.86. The maximum absolute atomic E-state index is 12.5. The summed E-state index contributed by atoms with van der Waals surface area (Å²) in [4.78, 5) is 26.3. The van der Waals surface area contributed by atoms with Gasteiger partial charge in [-0.1, -0.05) is 32.9 Å². The highest BCUT2D eigenvalue weighted by Crippen LogP contribution is 2.30. The molecule has 166 valence electrons. The van der Waals surface area contributed by atoms with Gasteiger partial charge in [0.1, 0.15) is 5.75 Å². The number of hydrogen-bond acceptors (Lipinski definition) is 4. The lowest BCUT2D eigenvalue weighted by Crippen LogP contribution is -2.22. The molecule has 6 heteroatoms. The molecule has 3 rings (SSSR count). The van der Waals surface area contributed by atoms with Crippen LogP contribution in [0.5, 0.6) is 5.75 Å². The second-order valence-electron chi connectivity index (χ2n) is 9.06. The van der Waals surface area contributed by atoms with E-state index in [1.165, 1.54) is 5.56 Å². The fourth-order valence-corrected chi connectivity index (χ4v) is 3.71. The average Bonchev–Trinajstić information content (AvgIpc) is 3.25. The Hall–Kier alpha value is -3.02. The Morgan fingerprint density at radius 1 is 1.06 bits per heavy atom. The average molecular weight is 424 g/mol. The number of nitrogens with two attached hydrogens (primary N) is 1. The monoisotopic (exact) mass is 423 g/mol. The normalized spacial score (nSPS) is 13.8. The molecule has 3 N–H and O–H groups in total. The van der Waals surface area contributed by atoms with Gasteiger partial charge in [0.15, 0.2) is 0 Å². The minimum absolute atomic E-state index is 0.103. The van der Waals surface area contributed by atoms with Crippen molar-refractivity contribution < 1.29 is 14.3 Å². The standard InChI is InChI=1S/C25H33N3O3/c1-25(2,3)19-9-11-20(12-10-19)31-16-6-7-23(29)27-21-17-18(24(26)30)8-13-22(21)28-14-4-5-15-28/h8-13,17H,4-7,14-16H2,1-3H3,(H2,26,30)(H,27,29). The minimum atomic E-state index is -0.505. The second-order valence-corrected chi connectivity index (χ2v) is 9.06. The molecule has 1 fully saturated rings. The summed E-state index contributed by atoms with van der Waals surface area (Å²) in [7, 11) is 0. The van der Waals surface area contributed by atoms with Crippen LogP contribution in [0.4, 0.5) is 11.4 Å². The van der Waals surface area contributed by atoms with E-state index < -0.39 is 5.91 Å². The summed E-state index contributed by atoms with van der Waals surface area (Å²) in [5, 5.41) is 2.96. The van der Waals surface area contributed by atoms with E-state index in [-0.39, 0.29) is 11.3 Å². The maximum Gasteiger partial charge on any atom is 0.248 e. The van der Waals surface area contributed by atoms with Crippen LogP contribution >= 0.6 is 0 Å². The molecule has 1 aliphatic rings. The first-order chi connectivity index (χ1) is 14.7. The van der Waals surface area contributed by atoms with Gasteiger partial charge < -0.3 is 20.7 Å². The van der Waals surface area contributed by atoms with Gasteiger partial charge in [-0.2, -0.15) is 0 Å². The molecule has 0 aliphatic carbocycles. The Kier molecular flexibility index (Phi) is 7.21. The van der Waals surface area contributed by atoms with Gasteiger partial charge in [0.25, 0.3) is 0 Å². The highest BCUT2D eigenvalue weighted by Gasteiger charge is 2.18. The van der Waals surface area contributed by atoms with E-state index in [1.54, 1.807) is 12.1 Å². The van der Waals surface area contributed by atoms with E-state index >= 15 is 0 Å². The summed E-state index contributed by atoms with van der Waals surface area (Å²) >= 11 is 0. The molecular weight excluding hydrogens is 390 g/mol. The fraction of sp³-hybridized carbons (Fsp3) is 0.440. The molecule has 0 bridgehead atoms. The molecule has 2 aromatic rings. The summed E-state index contributed by atoms with van der Waals surface area (Å²) in [6.07, 6.45) is 3.18. The third-order valence-electron chi connectivity index (χ3n) is 5.54. The lowest BCUT2D eigenvalue weighted by atomic mass is 9.87. The van der Waals surface area contributed by atoms with Crippen LogP contribution < -0.4 is 20.7 Å². The lowest BCUT2D eigenvalue weighted by Gasteiger charge is -2.22. The first kappa shape index (κ1) is 22.7. The molecule has 0 unspecified atom stereocenters. The van der Waals surface area contributed by atoms with Gasteiger partial charge in [-0.3, -0.25) is 9.59 Å². The summed E-state index contributed by atoms with van der Waals surface area (Å²) in [6.45, 7) is 8.88. The Morgan fingerprint density at radius 2 is 1.74 bits per heavy atom. The minimum Gasteiger partial charge on any atom is -0.494 e. The fourth-order valence-electron chi connectivity index (χ4n) is 3.71. The molecule has 2 amide bonds. The molecule has 2 aromatic carbocycles. The van der Waals surface area contributed by atoms with Gasteiger partial charge in [0.05, 0.1) is 18.0 Å². The van der Waals surface area contributed by atoms with Crippen molar-refractivity contribution >= 4 is 23.2 Å². The van der Waals surface area contributed by atoms with Crippen LogP contribution in [-0.4, -0.2) is 31.5 Å². The number of primary amides is 1. The van der Waals surface area contributed by atoms with Gasteiger partial charge in [-0.25, -0.2) is 0 Å². The third-order valence-corrected chi connectivity index (χ3v) is 5.54. The summed E-state index contributed by atoms with van der Waals surface area (Å²) < 4.78 is 5.78. The van der Waals surface area contributed by atoms with Crippen LogP contribution in [0, 0.1) is 0 Å². The summed E-state index contributed by atoms with van der Waals surface area (Å²) in [5.41, 5.74) is 8.75. The maximum atomic E-state index is 12.5. The SMILES string of the molecule is CC(C)(C)c1ccc(OCCCC(=O)Nc2cc(C(N)=O)ccc2N2CCCC2)cc1. The van der Waals surface area contributed by atoms with Gasteiger partial charge in [-0.15, -0.1) is 0 Å². The number of nitrogens with one attached hydrogen (secondary N) is 1. The van der Waals surface area contributed by atoms with E-state index in [9.17, 15) is 9.59 Å². The molecule has 0 atom stereocenters. The first-order valence-corrected chi connectivity index (χ1v) is 11.0. The smallest absolute Gasteiger partial charge is 0.248 e. The quantitative estimate of drug-likeness (QED) is 0.613. The number of carbonyl (C=O) groups is 2. The zero-order chi connectivity index (χ0) is 22.4. The molecule has 0 saturated carbocycles. The van der Waals surface area contributed by atoms with Gasteiger partial charge in [-0.05, 0) is 60.6 Å². The van der Waals surface area contributed by atoms with E-state index in [1.807, 2.05) is 18.2 Å². The summed E-state index contributed by atoms with van der Waals surface area (Å²) in [6, 6.07) is 13.3. The Balaban J connectivity index is 1.53. The van der Waals surface area contributed by atoms with Crippen molar-refractivity contribution in [2.45, 2.75) is 51.9 Å². The van der Waals surface area contributed by atoms with Crippen molar-refractivity contribution in [3.63, 3.8) is 0 Å². The largest absolute Gasteiger partial charge is 0.494 e. The van der Waals surface area contributed by atoms with E-state index in [2.05, 4.69) is 43.1 Å². The predicted molar refractivity (Wildman–Crippen MR) is 125 cm³/mol. The Morgan fingerprint density at radius 3 is 2.35 bits per heavy atom. The third kappa shape index (κ3) is 6.23. The number of hydrogen-bond donors (Lipinski definition) is 2. The van der Waals surface area contributed by atoms with Gasteiger partial charge >= 0.3 is 0 Å². The topological polar surface area (TPSA) is 84.7 Å². The highest BCUT2D eigenvalue weighted by atomic mass is 16.5. The molecule has 0 spiro atoms. The first-order valence-electron chi connectivity index (χ1n) is 11.0. The number of amides is 2. The van der Waals surface area contributed by atoms with Crippen molar-refractivity contribution in [1.82, 2.24) is 0 Å². The zero-order valence-electron chi connectivity index (χ0n) is 18.7. The predicted octanol–water partition coefficient (Wildman–Crippen LogP) is 4.48. The van der Waals surface area contributed by atoms with Crippen LogP contribution in [0.15, 0.2) is 42.5 Å². The molecule has 0 aromatic heterocycles.